The van der Waals surface area contributed by atoms with Gasteiger partial charge < -0.3 is 9.52 Å². The summed E-state index contributed by atoms with van der Waals surface area (Å²) in [6.45, 7) is 3.59. The standard InChI is InChI=1S/C12H16BrNO3/c1-8(10-4-5-11(13)17-10)14-6-2-3-9(7-14)12(15)16/h4-5,8-9H,2-3,6-7H2,1H3,(H,15,16). The lowest BCUT2D eigenvalue weighted by molar-refractivity contribution is -0.144. The summed E-state index contributed by atoms with van der Waals surface area (Å²) < 4.78 is 6.24. The molecule has 17 heavy (non-hydrogen) atoms. The van der Waals surface area contributed by atoms with E-state index in [1.54, 1.807) is 0 Å². The second-order valence-electron chi connectivity index (χ2n) is 4.49. The van der Waals surface area contributed by atoms with Crippen molar-refractivity contribution in [2.24, 2.45) is 5.92 Å². The van der Waals surface area contributed by atoms with Crippen molar-refractivity contribution >= 4 is 21.9 Å². The van der Waals surface area contributed by atoms with E-state index in [0.717, 1.165) is 25.1 Å². The van der Waals surface area contributed by atoms with Crippen LogP contribution in [0.5, 0.6) is 0 Å². The van der Waals surface area contributed by atoms with Crippen molar-refractivity contribution in [1.82, 2.24) is 4.90 Å². The quantitative estimate of drug-likeness (QED) is 0.933. The van der Waals surface area contributed by atoms with E-state index in [9.17, 15) is 4.79 Å². The van der Waals surface area contributed by atoms with Crippen LogP contribution >= 0.6 is 15.9 Å². The van der Waals surface area contributed by atoms with Gasteiger partial charge in [0.2, 0.25) is 0 Å². The molecule has 0 saturated carbocycles. The SMILES string of the molecule is CC(c1ccc(Br)o1)N1CCCC(C(=O)O)C1. The highest BCUT2D eigenvalue weighted by atomic mass is 79.9. The second kappa shape index (κ2) is 5.23. The summed E-state index contributed by atoms with van der Waals surface area (Å²) in [5.41, 5.74) is 0. The fourth-order valence-corrected chi connectivity index (χ4v) is 2.61. The van der Waals surface area contributed by atoms with Crippen molar-refractivity contribution < 1.29 is 14.3 Å². The molecule has 2 heterocycles. The zero-order valence-corrected chi connectivity index (χ0v) is 11.3. The summed E-state index contributed by atoms with van der Waals surface area (Å²) in [4.78, 5) is 13.2. The summed E-state index contributed by atoms with van der Waals surface area (Å²) in [6, 6.07) is 3.92. The molecule has 1 aromatic heterocycles. The Hall–Kier alpha value is -0.810. The third-order valence-corrected chi connectivity index (χ3v) is 3.78. The maximum absolute atomic E-state index is 11.0. The molecule has 1 fully saturated rings. The van der Waals surface area contributed by atoms with Gasteiger partial charge in [-0.2, -0.15) is 0 Å². The molecule has 0 aliphatic carbocycles. The molecule has 5 heteroatoms. The highest BCUT2D eigenvalue weighted by Gasteiger charge is 2.29. The number of carboxylic acid groups (broad SMARTS) is 1. The van der Waals surface area contributed by atoms with E-state index in [1.807, 2.05) is 12.1 Å². The summed E-state index contributed by atoms with van der Waals surface area (Å²) in [6.07, 6.45) is 1.71. The van der Waals surface area contributed by atoms with Crippen LogP contribution in [0.2, 0.25) is 0 Å². The first kappa shape index (κ1) is 12.6. The summed E-state index contributed by atoms with van der Waals surface area (Å²) >= 11 is 3.28. The molecule has 2 atom stereocenters. The van der Waals surface area contributed by atoms with Gasteiger partial charge >= 0.3 is 5.97 Å². The molecule has 1 aromatic rings. The lowest BCUT2D eigenvalue weighted by atomic mass is 9.97. The molecule has 1 N–H and O–H groups in total. The first-order valence-electron chi connectivity index (χ1n) is 5.80. The van der Waals surface area contributed by atoms with Crippen molar-refractivity contribution in [3.05, 3.63) is 22.6 Å². The maximum Gasteiger partial charge on any atom is 0.307 e. The van der Waals surface area contributed by atoms with Crippen LogP contribution in [0.15, 0.2) is 21.2 Å². The lowest BCUT2D eigenvalue weighted by Gasteiger charge is -2.34. The molecule has 1 aliphatic rings. The van der Waals surface area contributed by atoms with E-state index in [1.165, 1.54) is 0 Å². The number of hydrogen-bond donors (Lipinski definition) is 1. The number of likely N-dealkylation sites (tertiary alicyclic amines) is 1. The molecule has 1 saturated heterocycles. The van der Waals surface area contributed by atoms with E-state index < -0.39 is 5.97 Å². The molecule has 0 radical (unpaired) electrons. The van der Waals surface area contributed by atoms with E-state index in [0.29, 0.717) is 11.2 Å². The van der Waals surface area contributed by atoms with Crippen molar-refractivity contribution in [3.8, 4) is 0 Å². The largest absolute Gasteiger partial charge is 0.481 e. The Morgan fingerprint density at radius 2 is 2.41 bits per heavy atom. The van der Waals surface area contributed by atoms with Gasteiger partial charge in [0.25, 0.3) is 0 Å². The van der Waals surface area contributed by atoms with Crippen LogP contribution in [0, 0.1) is 5.92 Å². The topological polar surface area (TPSA) is 53.7 Å². The van der Waals surface area contributed by atoms with Crippen molar-refractivity contribution in [2.75, 3.05) is 13.1 Å². The maximum atomic E-state index is 11.0. The van der Waals surface area contributed by atoms with E-state index in [-0.39, 0.29) is 12.0 Å². The van der Waals surface area contributed by atoms with Gasteiger partial charge in [0.15, 0.2) is 4.67 Å². The van der Waals surface area contributed by atoms with Crippen LogP contribution in [0.25, 0.3) is 0 Å². The number of hydrogen-bond acceptors (Lipinski definition) is 3. The average molecular weight is 302 g/mol. The first-order chi connectivity index (χ1) is 8.08. The Balaban J connectivity index is 2.04. The molecular formula is C12H16BrNO3. The van der Waals surface area contributed by atoms with Gasteiger partial charge in [0.1, 0.15) is 5.76 Å². The number of carboxylic acids is 1. The molecule has 0 spiro atoms. The fourth-order valence-electron chi connectivity index (χ4n) is 2.29. The Morgan fingerprint density at radius 3 is 3.00 bits per heavy atom. The van der Waals surface area contributed by atoms with Gasteiger partial charge in [-0.05, 0) is 54.4 Å². The average Bonchev–Trinajstić information content (AvgIpc) is 2.75. The predicted molar refractivity (Wildman–Crippen MR) is 66.8 cm³/mol. The van der Waals surface area contributed by atoms with Crippen LogP contribution in [0.3, 0.4) is 0 Å². The predicted octanol–water partition coefficient (Wildman–Crippen LogP) is 2.90. The van der Waals surface area contributed by atoms with Crippen LogP contribution in [0.4, 0.5) is 0 Å². The zero-order valence-electron chi connectivity index (χ0n) is 9.73. The smallest absolute Gasteiger partial charge is 0.307 e. The van der Waals surface area contributed by atoms with Crippen LogP contribution in [-0.4, -0.2) is 29.1 Å². The summed E-state index contributed by atoms with van der Waals surface area (Å²) in [5.74, 6) is -0.0601. The monoisotopic (exact) mass is 301 g/mol. The lowest BCUT2D eigenvalue weighted by Crippen LogP contribution is -2.39. The van der Waals surface area contributed by atoms with E-state index >= 15 is 0 Å². The van der Waals surface area contributed by atoms with Crippen molar-refractivity contribution in [2.45, 2.75) is 25.8 Å². The first-order valence-corrected chi connectivity index (χ1v) is 6.59. The van der Waals surface area contributed by atoms with Gasteiger partial charge in [-0.15, -0.1) is 0 Å². The number of rotatable bonds is 3. The van der Waals surface area contributed by atoms with Crippen molar-refractivity contribution in [1.29, 1.82) is 0 Å². The number of furan rings is 1. The van der Waals surface area contributed by atoms with E-state index in [2.05, 4.69) is 27.8 Å². The summed E-state index contributed by atoms with van der Waals surface area (Å²) in [7, 11) is 0. The Bertz CT molecular complexity index is 404. The molecule has 94 valence electrons. The second-order valence-corrected chi connectivity index (χ2v) is 5.27. The van der Waals surface area contributed by atoms with Crippen LogP contribution in [0.1, 0.15) is 31.6 Å². The number of carbonyl (C=O) groups is 1. The van der Waals surface area contributed by atoms with Gasteiger partial charge in [0, 0.05) is 6.54 Å². The Labute approximate surface area is 109 Å². The minimum absolute atomic E-state index is 0.128. The molecule has 0 bridgehead atoms. The van der Waals surface area contributed by atoms with Crippen molar-refractivity contribution in [3.63, 3.8) is 0 Å². The number of nitrogens with zero attached hydrogens (tertiary/aromatic N) is 1. The van der Waals surface area contributed by atoms with Gasteiger partial charge in [-0.3, -0.25) is 9.69 Å². The highest BCUT2D eigenvalue weighted by Crippen LogP contribution is 2.29. The fraction of sp³-hybridized carbons (Fsp3) is 0.583. The number of halogens is 1. The minimum Gasteiger partial charge on any atom is -0.481 e. The number of aliphatic carboxylic acids is 1. The van der Waals surface area contributed by atoms with E-state index in [4.69, 9.17) is 9.52 Å². The van der Waals surface area contributed by atoms with Gasteiger partial charge in [-0.25, -0.2) is 0 Å². The minimum atomic E-state index is -0.692. The number of piperidine rings is 1. The molecular weight excluding hydrogens is 286 g/mol. The third-order valence-electron chi connectivity index (χ3n) is 3.36. The normalized spacial score (nSPS) is 23.5. The Morgan fingerprint density at radius 1 is 1.65 bits per heavy atom. The zero-order chi connectivity index (χ0) is 12.4. The Kier molecular flexibility index (Phi) is 3.89. The molecule has 0 amide bonds. The third kappa shape index (κ3) is 2.90. The molecule has 0 aromatic carbocycles. The van der Waals surface area contributed by atoms with Gasteiger partial charge in [-0.1, -0.05) is 0 Å². The molecule has 4 nitrogen and oxygen atoms in total. The highest BCUT2D eigenvalue weighted by molar-refractivity contribution is 9.10. The molecule has 2 unspecified atom stereocenters. The summed E-state index contributed by atoms with van der Waals surface area (Å²) in [5, 5.41) is 9.05. The molecule has 1 aliphatic heterocycles. The van der Waals surface area contributed by atoms with Crippen LogP contribution in [-0.2, 0) is 4.79 Å². The van der Waals surface area contributed by atoms with Crippen LogP contribution < -0.4 is 0 Å². The van der Waals surface area contributed by atoms with Gasteiger partial charge in [0.05, 0.1) is 12.0 Å². The molecule has 2 rings (SSSR count).